The van der Waals surface area contributed by atoms with E-state index in [-0.39, 0.29) is 18.3 Å². The van der Waals surface area contributed by atoms with Gasteiger partial charge in [-0.1, -0.05) is 36.1 Å². The van der Waals surface area contributed by atoms with Gasteiger partial charge in [-0.3, -0.25) is 9.69 Å². The summed E-state index contributed by atoms with van der Waals surface area (Å²) in [6, 6.07) is 16.3. The number of nitrogens with zero attached hydrogens (tertiary/aromatic N) is 1. The number of piperidine rings is 1. The number of aliphatic hydroxyl groups excluding tert-OH is 1. The van der Waals surface area contributed by atoms with Crippen LogP contribution < -0.4 is 0 Å². The van der Waals surface area contributed by atoms with Crippen molar-refractivity contribution in [3.63, 3.8) is 0 Å². The van der Waals surface area contributed by atoms with Crippen molar-refractivity contribution in [3.05, 3.63) is 65.2 Å². The first-order valence-electron chi connectivity index (χ1n) is 9.79. The lowest BCUT2D eigenvalue weighted by Crippen LogP contribution is -2.38. The van der Waals surface area contributed by atoms with E-state index >= 15 is 0 Å². The van der Waals surface area contributed by atoms with Crippen molar-refractivity contribution in [2.45, 2.75) is 30.7 Å². The van der Waals surface area contributed by atoms with Crippen LogP contribution in [-0.2, 0) is 6.54 Å². The Hall–Kier alpha value is -2.06. The summed E-state index contributed by atoms with van der Waals surface area (Å²) in [5.41, 5.74) is 3.04. The second-order valence-electron chi connectivity index (χ2n) is 7.14. The second-order valence-corrected chi connectivity index (χ2v) is 8.02. The Labute approximate surface area is 172 Å². The third-order valence-electron chi connectivity index (χ3n) is 5.08. The molecule has 0 spiro atoms. The maximum Gasteiger partial charge on any atom is 0.167 e. The number of hydrogen-bond donors (Lipinski definition) is 1. The fourth-order valence-electron chi connectivity index (χ4n) is 3.58. The first-order valence-corrected chi connectivity index (χ1v) is 11.0. The van der Waals surface area contributed by atoms with Gasteiger partial charge in [0.1, 0.15) is 0 Å². The SMILES string of the molecule is CSc1ccc(C(=O)C2CCCN(Cc3ccc(C#CCCO)cc3)C2)cc1. The molecule has 1 N–H and O–H groups in total. The highest BCUT2D eigenvalue weighted by Gasteiger charge is 2.26. The van der Waals surface area contributed by atoms with Gasteiger partial charge < -0.3 is 5.11 Å². The van der Waals surface area contributed by atoms with Crippen LogP contribution in [0.2, 0.25) is 0 Å². The fraction of sp³-hybridized carbons (Fsp3) is 0.375. The molecule has 4 heteroatoms. The van der Waals surface area contributed by atoms with Crippen molar-refractivity contribution in [1.82, 2.24) is 4.90 Å². The number of rotatable bonds is 6. The molecule has 1 heterocycles. The van der Waals surface area contributed by atoms with Crippen molar-refractivity contribution in [3.8, 4) is 11.8 Å². The lowest BCUT2D eigenvalue weighted by atomic mass is 9.90. The molecule has 1 saturated heterocycles. The van der Waals surface area contributed by atoms with Gasteiger partial charge in [0.2, 0.25) is 0 Å². The molecule has 2 aromatic carbocycles. The van der Waals surface area contributed by atoms with Crippen molar-refractivity contribution < 1.29 is 9.90 Å². The van der Waals surface area contributed by atoms with E-state index in [2.05, 4.69) is 28.9 Å². The number of benzene rings is 2. The lowest BCUT2D eigenvalue weighted by Gasteiger charge is -2.32. The van der Waals surface area contributed by atoms with Crippen molar-refractivity contribution in [1.29, 1.82) is 0 Å². The minimum atomic E-state index is 0.0810. The number of thioether (sulfide) groups is 1. The monoisotopic (exact) mass is 393 g/mol. The van der Waals surface area contributed by atoms with Crippen LogP contribution >= 0.6 is 11.8 Å². The van der Waals surface area contributed by atoms with Gasteiger partial charge in [-0.25, -0.2) is 0 Å². The number of carbonyl (C=O) groups excluding carboxylic acids is 1. The Balaban J connectivity index is 1.58. The van der Waals surface area contributed by atoms with Gasteiger partial charge >= 0.3 is 0 Å². The number of Topliss-reactive ketones (excluding diaryl/α,β-unsaturated/α-hetero) is 1. The van der Waals surface area contributed by atoms with E-state index in [1.807, 2.05) is 42.7 Å². The zero-order valence-electron chi connectivity index (χ0n) is 16.4. The summed E-state index contributed by atoms with van der Waals surface area (Å²) < 4.78 is 0. The van der Waals surface area contributed by atoms with Crippen LogP contribution in [0.1, 0.15) is 40.7 Å². The molecule has 1 aliphatic heterocycles. The van der Waals surface area contributed by atoms with Gasteiger partial charge in [0, 0.05) is 41.5 Å². The normalized spacial score (nSPS) is 17.0. The molecule has 0 radical (unpaired) electrons. The van der Waals surface area contributed by atoms with E-state index in [1.54, 1.807) is 11.8 Å². The van der Waals surface area contributed by atoms with Gasteiger partial charge in [0.25, 0.3) is 0 Å². The highest BCUT2D eigenvalue weighted by molar-refractivity contribution is 7.98. The van der Waals surface area contributed by atoms with Gasteiger partial charge in [0.15, 0.2) is 5.78 Å². The predicted molar refractivity (Wildman–Crippen MR) is 116 cm³/mol. The van der Waals surface area contributed by atoms with E-state index in [9.17, 15) is 4.79 Å². The third kappa shape index (κ3) is 5.72. The smallest absolute Gasteiger partial charge is 0.167 e. The Bertz CT molecular complexity index is 834. The Morgan fingerprint density at radius 3 is 2.61 bits per heavy atom. The molecule has 0 bridgehead atoms. The molecule has 0 amide bonds. The van der Waals surface area contributed by atoms with Crippen LogP contribution in [-0.4, -0.2) is 41.7 Å². The lowest BCUT2D eigenvalue weighted by molar-refractivity contribution is 0.0811. The Kier molecular flexibility index (Phi) is 7.73. The minimum Gasteiger partial charge on any atom is -0.395 e. The average molecular weight is 394 g/mol. The molecule has 2 aromatic rings. The number of ketones is 1. The van der Waals surface area contributed by atoms with E-state index in [1.165, 1.54) is 10.5 Å². The predicted octanol–water partition coefficient (Wildman–Crippen LogP) is 4.24. The zero-order chi connectivity index (χ0) is 19.8. The maximum atomic E-state index is 12.9. The van der Waals surface area contributed by atoms with E-state index in [0.29, 0.717) is 6.42 Å². The summed E-state index contributed by atoms with van der Waals surface area (Å²) in [6.07, 6.45) is 4.58. The molecule has 0 aliphatic carbocycles. The summed E-state index contributed by atoms with van der Waals surface area (Å²) in [4.78, 5) is 16.5. The van der Waals surface area contributed by atoms with E-state index in [4.69, 9.17) is 5.11 Å². The standard InChI is InChI=1S/C24H27NO2S/c1-28-23-13-11-21(12-14-23)24(27)22-6-4-15-25(18-22)17-20-9-7-19(8-10-20)5-2-3-16-26/h7-14,22,26H,3-4,6,15-18H2,1H3. The van der Waals surface area contributed by atoms with Crippen LogP contribution in [0.3, 0.4) is 0 Å². The molecular formula is C24H27NO2S. The minimum absolute atomic E-state index is 0.0810. The molecule has 1 unspecified atom stereocenters. The van der Waals surface area contributed by atoms with E-state index < -0.39 is 0 Å². The summed E-state index contributed by atoms with van der Waals surface area (Å²) in [7, 11) is 0. The van der Waals surface area contributed by atoms with Crippen LogP contribution in [0.4, 0.5) is 0 Å². The summed E-state index contributed by atoms with van der Waals surface area (Å²) >= 11 is 1.69. The van der Waals surface area contributed by atoms with Gasteiger partial charge in [-0.15, -0.1) is 11.8 Å². The van der Waals surface area contributed by atoms with Crippen LogP contribution in [0.15, 0.2) is 53.4 Å². The molecule has 1 aliphatic rings. The Morgan fingerprint density at radius 2 is 1.93 bits per heavy atom. The second kappa shape index (κ2) is 10.5. The zero-order valence-corrected chi connectivity index (χ0v) is 17.2. The molecule has 1 atom stereocenters. The highest BCUT2D eigenvalue weighted by atomic mass is 32.2. The topological polar surface area (TPSA) is 40.5 Å². The first-order chi connectivity index (χ1) is 13.7. The molecular weight excluding hydrogens is 366 g/mol. The van der Waals surface area contributed by atoms with Gasteiger partial charge in [-0.2, -0.15) is 0 Å². The summed E-state index contributed by atoms with van der Waals surface area (Å²) in [5, 5.41) is 8.79. The maximum absolute atomic E-state index is 12.9. The van der Waals surface area contributed by atoms with E-state index in [0.717, 1.165) is 43.6 Å². The quantitative estimate of drug-likeness (QED) is 0.453. The van der Waals surface area contributed by atoms with Crippen molar-refractivity contribution in [2.24, 2.45) is 5.92 Å². The average Bonchev–Trinajstić information content (AvgIpc) is 2.75. The summed E-state index contributed by atoms with van der Waals surface area (Å²) in [6.45, 7) is 2.82. The fourth-order valence-corrected chi connectivity index (χ4v) is 3.98. The van der Waals surface area contributed by atoms with Gasteiger partial charge in [0.05, 0.1) is 6.61 Å². The van der Waals surface area contributed by atoms with Crippen LogP contribution in [0.5, 0.6) is 0 Å². The number of carbonyl (C=O) groups is 1. The number of hydrogen-bond acceptors (Lipinski definition) is 4. The van der Waals surface area contributed by atoms with Crippen molar-refractivity contribution in [2.75, 3.05) is 26.0 Å². The van der Waals surface area contributed by atoms with Crippen LogP contribution in [0, 0.1) is 17.8 Å². The van der Waals surface area contributed by atoms with Gasteiger partial charge in [-0.05, 0) is 55.5 Å². The Morgan fingerprint density at radius 1 is 1.18 bits per heavy atom. The molecule has 146 valence electrons. The molecule has 3 rings (SSSR count). The van der Waals surface area contributed by atoms with Crippen LogP contribution in [0.25, 0.3) is 0 Å². The molecule has 28 heavy (non-hydrogen) atoms. The number of aliphatic hydroxyl groups is 1. The third-order valence-corrected chi connectivity index (χ3v) is 5.82. The molecule has 0 saturated carbocycles. The highest BCUT2D eigenvalue weighted by Crippen LogP contribution is 2.24. The molecule has 3 nitrogen and oxygen atoms in total. The first kappa shape index (κ1) is 20.7. The molecule has 0 aromatic heterocycles. The number of likely N-dealkylation sites (tertiary alicyclic amines) is 1. The molecule has 1 fully saturated rings. The largest absolute Gasteiger partial charge is 0.395 e. The van der Waals surface area contributed by atoms with Crippen molar-refractivity contribution >= 4 is 17.5 Å². The summed E-state index contributed by atoms with van der Waals surface area (Å²) in [5.74, 6) is 6.35.